The van der Waals surface area contributed by atoms with E-state index in [0.29, 0.717) is 18.8 Å². The molecule has 0 aliphatic carbocycles. The molecule has 9 heteroatoms. The van der Waals surface area contributed by atoms with Gasteiger partial charge in [-0.1, -0.05) is 0 Å². The van der Waals surface area contributed by atoms with E-state index in [-0.39, 0.29) is 18.0 Å². The number of aromatic nitrogens is 4. The van der Waals surface area contributed by atoms with E-state index >= 15 is 0 Å². The van der Waals surface area contributed by atoms with Crippen LogP contribution in [0.2, 0.25) is 0 Å². The Morgan fingerprint density at radius 1 is 1.39 bits per heavy atom. The van der Waals surface area contributed by atoms with Crippen LogP contribution in [0.15, 0.2) is 18.5 Å². The molecule has 0 aromatic carbocycles. The minimum atomic E-state index is -0.476. The van der Waals surface area contributed by atoms with Crippen LogP contribution in [0.1, 0.15) is 24.2 Å². The van der Waals surface area contributed by atoms with Crippen LogP contribution in [0.5, 0.6) is 0 Å². The Bertz CT molecular complexity index is 690. The molecule has 124 valence electrons. The van der Waals surface area contributed by atoms with Crippen molar-refractivity contribution in [1.82, 2.24) is 24.9 Å². The fraction of sp³-hybridized carbons (Fsp3) is 0.500. The van der Waals surface area contributed by atoms with Crippen LogP contribution in [0, 0.1) is 24.0 Å². The van der Waals surface area contributed by atoms with Crippen LogP contribution in [0.4, 0.5) is 5.69 Å². The molecule has 2 aromatic heterocycles. The third-order valence-electron chi connectivity index (χ3n) is 3.48. The maximum atomic E-state index is 11.8. The van der Waals surface area contributed by atoms with Crippen molar-refractivity contribution in [2.45, 2.75) is 39.8 Å². The van der Waals surface area contributed by atoms with Gasteiger partial charge in [-0.15, -0.1) is 0 Å². The first-order valence-electron chi connectivity index (χ1n) is 7.41. The van der Waals surface area contributed by atoms with E-state index in [1.807, 2.05) is 17.7 Å². The quantitative estimate of drug-likeness (QED) is 0.447. The number of carbonyl (C=O) groups excluding carboxylic acids is 1. The topological polar surface area (TPSA) is 108 Å². The lowest BCUT2D eigenvalue weighted by molar-refractivity contribution is -0.385. The summed E-state index contributed by atoms with van der Waals surface area (Å²) in [5, 5.41) is 21.8. The maximum Gasteiger partial charge on any atom is 0.309 e. The third-order valence-corrected chi connectivity index (χ3v) is 3.48. The van der Waals surface area contributed by atoms with Crippen molar-refractivity contribution < 1.29 is 9.72 Å². The molecule has 0 radical (unpaired) electrons. The highest BCUT2D eigenvalue weighted by molar-refractivity contribution is 5.75. The van der Waals surface area contributed by atoms with Gasteiger partial charge in [0.1, 0.15) is 11.9 Å². The lowest BCUT2D eigenvalue weighted by Crippen LogP contribution is -2.26. The minimum absolute atomic E-state index is 0.0278. The fourth-order valence-electron chi connectivity index (χ4n) is 2.20. The number of rotatable bonds is 8. The van der Waals surface area contributed by atoms with Crippen LogP contribution in [-0.2, 0) is 17.9 Å². The van der Waals surface area contributed by atoms with E-state index in [1.54, 1.807) is 13.1 Å². The predicted octanol–water partition coefficient (Wildman–Crippen LogP) is 1.20. The largest absolute Gasteiger partial charge is 0.356 e. The van der Waals surface area contributed by atoms with Crippen molar-refractivity contribution in [3.8, 4) is 0 Å². The van der Waals surface area contributed by atoms with E-state index in [4.69, 9.17) is 0 Å². The maximum absolute atomic E-state index is 11.8. The van der Waals surface area contributed by atoms with Gasteiger partial charge in [-0.2, -0.15) is 10.2 Å². The second-order valence-electron chi connectivity index (χ2n) is 5.27. The average molecular weight is 320 g/mol. The molecule has 2 aromatic rings. The summed E-state index contributed by atoms with van der Waals surface area (Å²) in [6, 6.07) is 1.93. The number of nitrogens with one attached hydrogen (secondary N) is 1. The van der Waals surface area contributed by atoms with E-state index in [1.165, 1.54) is 10.9 Å². The van der Waals surface area contributed by atoms with Crippen molar-refractivity contribution in [3.63, 3.8) is 0 Å². The van der Waals surface area contributed by atoms with Gasteiger partial charge >= 0.3 is 5.69 Å². The van der Waals surface area contributed by atoms with Crippen LogP contribution in [-0.4, -0.2) is 36.9 Å². The van der Waals surface area contributed by atoms with Crippen molar-refractivity contribution in [2.24, 2.45) is 0 Å². The van der Waals surface area contributed by atoms with Crippen LogP contribution < -0.4 is 5.32 Å². The number of carbonyl (C=O) groups is 1. The van der Waals surface area contributed by atoms with E-state index in [9.17, 15) is 14.9 Å². The monoisotopic (exact) mass is 320 g/mol. The standard InChI is InChI=1S/C14H20N6O3/c1-11-4-7-16-19(11)8-3-6-15-14(21)5-9-18-10-13(20(22)23)12(2)17-18/h4,7,10H,3,5-6,8-9H2,1-2H3,(H,15,21). The Labute approximate surface area is 133 Å². The number of nitrogens with zero attached hydrogens (tertiary/aromatic N) is 5. The Hall–Kier alpha value is -2.71. The van der Waals surface area contributed by atoms with Gasteiger partial charge in [0.05, 0.1) is 4.92 Å². The van der Waals surface area contributed by atoms with E-state index < -0.39 is 4.92 Å². The van der Waals surface area contributed by atoms with Crippen molar-refractivity contribution in [2.75, 3.05) is 6.54 Å². The molecule has 0 fully saturated rings. The number of hydrogen-bond donors (Lipinski definition) is 1. The molecule has 0 spiro atoms. The zero-order valence-corrected chi connectivity index (χ0v) is 13.2. The number of nitro groups is 1. The predicted molar refractivity (Wildman–Crippen MR) is 82.8 cm³/mol. The van der Waals surface area contributed by atoms with Gasteiger partial charge in [0.15, 0.2) is 0 Å². The molecule has 0 bridgehead atoms. The summed E-state index contributed by atoms with van der Waals surface area (Å²) in [6.07, 6.45) is 4.13. The normalized spacial score (nSPS) is 10.7. The number of hydrogen-bond acceptors (Lipinski definition) is 5. The summed E-state index contributed by atoms with van der Waals surface area (Å²) in [6.45, 7) is 5.20. The molecule has 0 aliphatic heterocycles. The molecular weight excluding hydrogens is 300 g/mol. The first kappa shape index (κ1) is 16.7. The fourth-order valence-corrected chi connectivity index (χ4v) is 2.20. The summed E-state index contributed by atoms with van der Waals surface area (Å²) >= 11 is 0. The van der Waals surface area contributed by atoms with Crippen molar-refractivity contribution in [3.05, 3.63) is 40.0 Å². The van der Waals surface area contributed by atoms with E-state index in [0.717, 1.165) is 18.7 Å². The molecule has 0 aliphatic rings. The third kappa shape index (κ3) is 4.63. The highest BCUT2D eigenvalue weighted by Gasteiger charge is 2.15. The summed E-state index contributed by atoms with van der Waals surface area (Å²) in [7, 11) is 0. The van der Waals surface area contributed by atoms with Gasteiger partial charge in [-0.3, -0.25) is 24.3 Å². The Balaban J connectivity index is 1.68. The minimum Gasteiger partial charge on any atom is -0.356 e. The molecule has 9 nitrogen and oxygen atoms in total. The summed E-state index contributed by atoms with van der Waals surface area (Å²) in [5.74, 6) is -0.0991. The summed E-state index contributed by atoms with van der Waals surface area (Å²) in [4.78, 5) is 22.0. The van der Waals surface area contributed by atoms with Gasteiger partial charge in [-0.05, 0) is 26.3 Å². The van der Waals surface area contributed by atoms with Crippen LogP contribution in [0.3, 0.4) is 0 Å². The highest BCUT2D eigenvalue weighted by Crippen LogP contribution is 2.14. The lowest BCUT2D eigenvalue weighted by atomic mass is 10.3. The highest BCUT2D eigenvalue weighted by atomic mass is 16.6. The van der Waals surface area contributed by atoms with Gasteiger partial charge in [0.2, 0.25) is 5.91 Å². The molecule has 2 heterocycles. The number of amides is 1. The summed E-state index contributed by atoms with van der Waals surface area (Å²) in [5.41, 5.74) is 1.41. The molecular formula is C14H20N6O3. The summed E-state index contributed by atoms with van der Waals surface area (Å²) < 4.78 is 3.32. The lowest BCUT2D eigenvalue weighted by Gasteiger charge is -2.06. The molecule has 0 atom stereocenters. The molecule has 2 rings (SSSR count). The first-order valence-corrected chi connectivity index (χ1v) is 7.41. The van der Waals surface area contributed by atoms with Crippen LogP contribution in [0.25, 0.3) is 0 Å². The van der Waals surface area contributed by atoms with Gasteiger partial charge in [0, 0.05) is 37.9 Å². The van der Waals surface area contributed by atoms with Gasteiger partial charge in [0.25, 0.3) is 0 Å². The number of aryl methyl sites for hydroxylation is 4. The van der Waals surface area contributed by atoms with Crippen molar-refractivity contribution >= 4 is 11.6 Å². The van der Waals surface area contributed by atoms with Crippen LogP contribution >= 0.6 is 0 Å². The molecule has 23 heavy (non-hydrogen) atoms. The molecule has 0 saturated carbocycles. The second kappa shape index (κ2) is 7.52. The molecule has 1 N–H and O–H groups in total. The molecule has 0 saturated heterocycles. The van der Waals surface area contributed by atoms with E-state index in [2.05, 4.69) is 15.5 Å². The average Bonchev–Trinajstić information content (AvgIpc) is 3.07. The Morgan fingerprint density at radius 3 is 2.78 bits per heavy atom. The van der Waals surface area contributed by atoms with Gasteiger partial charge < -0.3 is 5.32 Å². The second-order valence-corrected chi connectivity index (χ2v) is 5.27. The molecule has 0 unspecified atom stereocenters. The first-order chi connectivity index (χ1) is 11.0. The van der Waals surface area contributed by atoms with Crippen molar-refractivity contribution in [1.29, 1.82) is 0 Å². The van der Waals surface area contributed by atoms with Gasteiger partial charge in [-0.25, -0.2) is 0 Å². The smallest absolute Gasteiger partial charge is 0.309 e. The SMILES string of the molecule is Cc1nn(CCC(=O)NCCCn2nccc2C)cc1[N+](=O)[O-]. The molecule has 1 amide bonds. The zero-order valence-electron chi connectivity index (χ0n) is 13.2. The zero-order chi connectivity index (χ0) is 16.8. The Kier molecular flexibility index (Phi) is 5.45. The Morgan fingerprint density at radius 2 is 2.17 bits per heavy atom.